The average Bonchev–Trinajstić information content (AvgIpc) is 3.11. The van der Waals surface area contributed by atoms with Crippen molar-refractivity contribution in [3.05, 3.63) is 27.9 Å². The Morgan fingerprint density at radius 1 is 1.38 bits per heavy atom. The number of nitrogens with zero attached hydrogens (tertiary/aromatic N) is 6. The highest BCUT2D eigenvalue weighted by molar-refractivity contribution is 8.00. The monoisotopic (exact) mass is 405 g/mol. The van der Waals surface area contributed by atoms with Crippen LogP contribution >= 0.6 is 47.3 Å². The van der Waals surface area contributed by atoms with Crippen molar-refractivity contribution in [1.29, 1.82) is 0 Å². The van der Waals surface area contributed by atoms with Crippen LogP contribution < -0.4 is 11.3 Å². The molecule has 0 spiro atoms. The SMILES string of the molecule is CSc1nn2c(=O)cc(CSc3nnc(CCN)n3C)nc2s1.Cl. The number of fused-ring (bicyclic) bond motifs is 1. The van der Waals surface area contributed by atoms with Gasteiger partial charge in [-0.25, -0.2) is 4.98 Å². The summed E-state index contributed by atoms with van der Waals surface area (Å²) in [6, 6.07) is 1.51. The van der Waals surface area contributed by atoms with Crippen LogP contribution in [0.15, 0.2) is 20.4 Å². The number of halogens is 1. The van der Waals surface area contributed by atoms with Gasteiger partial charge in [0, 0.05) is 25.3 Å². The summed E-state index contributed by atoms with van der Waals surface area (Å²) in [5.41, 5.74) is 6.09. The molecule has 12 heteroatoms. The zero-order valence-electron chi connectivity index (χ0n) is 13.0. The van der Waals surface area contributed by atoms with Crippen LogP contribution in [-0.4, -0.2) is 42.2 Å². The molecule has 24 heavy (non-hydrogen) atoms. The van der Waals surface area contributed by atoms with E-state index in [2.05, 4.69) is 20.3 Å². The summed E-state index contributed by atoms with van der Waals surface area (Å²) in [6.07, 6.45) is 2.61. The lowest BCUT2D eigenvalue weighted by Gasteiger charge is -2.02. The lowest BCUT2D eigenvalue weighted by atomic mass is 10.4. The van der Waals surface area contributed by atoms with Gasteiger partial charge in [-0.15, -0.1) is 27.7 Å². The highest BCUT2D eigenvalue weighted by Crippen LogP contribution is 2.23. The molecule has 0 radical (unpaired) electrons. The van der Waals surface area contributed by atoms with Crippen molar-refractivity contribution in [3.63, 3.8) is 0 Å². The Morgan fingerprint density at radius 3 is 2.88 bits per heavy atom. The second-order valence-electron chi connectivity index (χ2n) is 4.64. The summed E-state index contributed by atoms with van der Waals surface area (Å²) in [6.45, 7) is 0.536. The van der Waals surface area contributed by atoms with E-state index in [1.165, 1.54) is 45.4 Å². The summed E-state index contributed by atoms with van der Waals surface area (Å²) in [5.74, 6) is 1.40. The van der Waals surface area contributed by atoms with Gasteiger partial charge in [-0.1, -0.05) is 34.9 Å². The zero-order chi connectivity index (χ0) is 16.4. The molecule has 0 saturated carbocycles. The molecule has 0 bridgehead atoms. The smallest absolute Gasteiger partial charge is 0.275 e. The van der Waals surface area contributed by atoms with E-state index < -0.39 is 0 Å². The third-order valence-electron chi connectivity index (χ3n) is 3.10. The molecule has 0 aliphatic heterocycles. The molecule has 3 rings (SSSR count). The molecule has 0 aliphatic carbocycles. The molecule has 8 nitrogen and oxygen atoms in total. The van der Waals surface area contributed by atoms with E-state index in [0.29, 0.717) is 29.4 Å². The van der Waals surface area contributed by atoms with Crippen LogP contribution in [0.1, 0.15) is 11.5 Å². The van der Waals surface area contributed by atoms with Gasteiger partial charge < -0.3 is 10.3 Å². The lowest BCUT2D eigenvalue weighted by molar-refractivity contribution is 0.726. The molecule has 0 saturated heterocycles. The molecule has 130 valence electrons. The van der Waals surface area contributed by atoms with Crippen molar-refractivity contribution in [2.45, 2.75) is 21.7 Å². The maximum Gasteiger partial charge on any atom is 0.275 e. The first kappa shape index (κ1) is 19.2. The molecule has 2 N–H and O–H groups in total. The van der Waals surface area contributed by atoms with Gasteiger partial charge >= 0.3 is 0 Å². The molecular weight excluding hydrogens is 390 g/mol. The van der Waals surface area contributed by atoms with Gasteiger partial charge in [0.2, 0.25) is 4.96 Å². The summed E-state index contributed by atoms with van der Waals surface area (Å²) >= 11 is 4.40. The first-order chi connectivity index (χ1) is 11.1. The van der Waals surface area contributed by atoms with E-state index in [4.69, 9.17) is 5.73 Å². The highest BCUT2D eigenvalue weighted by atomic mass is 35.5. The van der Waals surface area contributed by atoms with Gasteiger partial charge in [0.15, 0.2) is 9.50 Å². The fraction of sp³-hybridized carbons (Fsp3) is 0.417. The van der Waals surface area contributed by atoms with E-state index in [1.54, 1.807) is 0 Å². The largest absolute Gasteiger partial charge is 0.330 e. The second-order valence-corrected chi connectivity index (χ2v) is 7.59. The van der Waals surface area contributed by atoms with Crippen molar-refractivity contribution in [1.82, 2.24) is 29.4 Å². The number of hydrogen-bond donors (Lipinski definition) is 1. The Kier molecular flexibility index (Phi) is 6.63. The van der Waals surface area contributed by atoms with E-state index >= 15 is 0 Å². The summed E-state index contributed by atoms with van der Waals surface area (Å²) in [4.78, 5) is 17.2. The summed E-state index contributed by atoms with van der Waals surface area (Å²) in [5, 5.41) is 13.3. The Labute approximate surface area is 156 Å². The van der Waals surface area contributed by atoms with E-state index in [9.17, 15) is 4.79 Å². The normalized spacial score (nSPS) is 11.0. The summed E-state index contributed by atoms with van der Waals surface area (Å²) in [7, 11) is 1.91. The number of aromatic nitrogens is 6. The average molecular weight is 406 g/mol. The van der Waals surface area contributed by atoms with Crippen molar-refractivity contribution in [2.24, 2.45) is 12.8 Å². The third kappa shape index (κ3) is 3.91. The van der Waals surface area contributed by atoms with Crippen LogP contribution in [0, 0.1) is 0 Å². The number of rotatable bonds is 6. The molecule has 0 unspecified atom stereocenters. The predicted molar refractivity (Wildman–Crippen MR) is 99.5 cm³/mol. The molecule has 3 aromatic rings. The van der Waals surface area contributed by atoms with Crippen molar-refractivity contribution < 1.29 is 0 Å². The molecule has 0 fully saturated rings. The van der Waals surface area contributed by atoms with E-state index in [0.717, 1.165) is 15.3 Å². The Morgan fingerprint density at radius 2 is 2.17 bits per heavy atom. The van der Waals surface area contributed by atoms with Crippen LogP contribution in [0.25, 0.3) is 4.96 Å². The topological polar surface area (TPSA) is 104 Å². The minimum absolute atomic E-state index is 0. The van der Waals surface area contributed by atoms with E-state index in [1.807, 2.05) is 17.9 Å². The van der Waals surface area contributed by atoms with Crippen LogP contribution in [-0.2, 0) is 19.2 Å². The van der Waals surface area contributed by atoms with Crippen LogP contribution in [0.2, 0.25) is 0 Å². The molecule has 3 heterocycles. The first-order valence-corrected chi connectivity index (χ1v) is 9.80. The number of hydrogen-bond acceptors (Lipinski definition) is 9. The lowest BCUT2D eigenvalue weighted by Crippen LogP contribution is -2.15. The number of nitrogens with two attached hydrogens (primary N) is 1. The molecule has 0 aromatic carbocycles. The fourth-order valence-corrected chi connectivity index (χ4v) is 4.15. The number of thioether (sulfide) groups is 2. The molecule has 0 aliphatic rings. The van der Waals surface area contributed by atoms with Crippen LogP contribution in [0.3, 0.4) is 0 Å². The first-order valence-electron chi connectivity index (χ1n) is 6.77. The Balaban J connectivity index is 0.00000208. The highest BCUT2D eigenvalue weighted by Gasteiger charge is 2.12. The van der Waals surface area contributed by atoms with Crippen molar-refractivity contribution in [3.8, 4) is 0 Å². The molecule has 0 atom stereocenters. The van der Waals surface area contributed by atoms with Gasteiger partial charge in [0.25, 0.3) is 5.56 Å². The standard InChI is InChI=1S/C12H15N7OS3.ClH/c1-18-8(3-4-13)15-16-11(18)22-6-7-5-9(20)19-10(14-7)23-12(17-19)21-2;/h5H,3-4,6,13H2,1-2H3;1H. The Hall–Kier alpha value is -1.14. The predicted octanol–water partition coefficient (Wildman–Crippen LogP) is 1.22. The van der Waals surface area contributed by atoms with Gasteiger partial charge in [-0.05, 0) is 12.8 Å². The molecular formula is C12H16ClN7OS3. The maximum atomic E-state index is 12.1. The maximum absolute atomic E-state index is 12.1. The Bertz CT molecular complexity index is 891. The van der Waals surface area contributed by atoms with Gasteiger partial charge in [0.05, 0.1) is 5.69 Å². The van der Waals surface area contributed by atoms with Crippen LogP contribution in [0.5, 0.6) is 0 Å². The third-order valence-corrected chi connectivity index (χ3v) is 6.03. The molecule has 0 amide bonds. The second kappa shape index (κ2) is 8.30. The molecule has 3 aromatic heterocycles. The quantitative estimate of drug-likeness (QED) is 0.610. The zero-order valence-corrected chi connectivity index (χ0v) is 16.3. The minimum Gasteiger partial charge on any atom is -0.330 e. The van der Waals surface area contributed by atoms with Crippen LogP contribution in [0.4, 0.5) is 0 Å². The van der Waals surface area contributed by atoms with Gasteiger partial charge in [-0.2, -0.15) is 4.52 Å². The van der Waals surface area contributed by atoms with E-state index in [-0.39, 0.29) is 18.0 Å². The summed E-state index contributed by atoms with van der Waals surface area (Å²) < 4.78 is 4.08. The van der Waals surface area contributed by atoms with Crippen molar-refractivity contribution in [2.75, 3.05) is 12.8 Å². The fourth-order valence-electron chi connectivity index (χ4n) is 1.95. The van der Waals surface area contributed by atoms with Gasteiger partial charge in [-0.3, -0.25) is 4.79 Å². The van der Waals surface area contributed by atoms with Crippen molar-refractivity contribution >= 4 is 52.2 Å². The van der Waals surface area contributed by atoms with Gasteiger partial charge in [0.1, 0.15) is 5.82 Å². The minimum atomic E-state index is -0.163.